The van der Waals surface area contributed by atoms with E-state index in [2.05, 4.69) is 9.98 Å². The Bertz CT molecular complexity index is 996. The summed E-state index contributed by atoms with van der Waals surface area (Å²) in [6.07, 6.45) is 4.78. The van der Waals surface area contributed by atoms with Gasteiger partial charge in [0.25, 0.3) is 0 Å². The van der Waals surface area contributed by atoms with Crippen molar-refractivity contribution in [1.82, 2.24) is 9.88 Å². The van der Waals surface area contributed by atoms with Gasteiger partial charge in [-0.1, -0.05) is 6.07 Å². The fraction of sp³-hybridized carbons (Fsp3) is 0.238. The number of nitrogens with zero attached hydrogens (tertiary/aromatic N) is 4. The molecular weight excluding hydrogens is 366 g/mol. The summed E-state index contributed by atoms with van der Waals surface area (Å²) >= 11 is 0. The molecule has 8 nitrogen and oxygen atoms in total. The van der Waals surface area contributed by atoms with Gasteiger partial charge < -0.3 is 21.3 Å². The number of nitrogen functional groups attached to an aromatic ring is 1. The van der Waals surface area contributed by atoms with E-state index in [1.165, 1.54) is 6.20 Å². The first-order valence-electron chi connectivity index (χ1n) is 9.22. The zero-order chi connectivity index (χ0) is 21.0. The third kappa shape index (κ3) is 4.26. The first-order valence-corrected chi connectivity index (χ1v) is 9.22. The van der Waals surface area contributed by atoms with E-state index in [1.54, 1.807) is 43.5 Å². The minimum Gasteiger partial charge on any atom is -0.404 e. The summed E-state index contributed by atoms with van der Waals surface area (Å²) in [6, 6.07) is 9.02. The van der Waals surface area contributed by atoms with Crippen molar-refractivity contribution >= 4 is 34.9 Å². The van der Waals surface area contributed by atoms with Crippen LogP contribution in [0.4, 0.5) is 11.5 Å². The van der Waals surface area contributed by atoms with Gasteiger partial charge in [0.1, 0.15) is 5.82 Å². The fourth-order valence-electron chi connectivity index (χ4n) is 3.16. The van der Waals surface area contributed by atoms with Gasteiger partial charge in [0, 0.05) is 68.2 Å². The van der Waals surface area contributed by atoms with Crippen molar-refractivity contribution in [2.45, 2.75) is 0 Å². The molecule has 5 N–H and O–H groups in total. The molecule has 0 spiro atoms. The van der Waals surface area contributed by atoms with Crippen LogP contribution >= 0.6 is 0 Å². The van der Waals surface area contributed by atoms with Gasteiger partial charge in [0.15, 0.2) is 0 Å². The molecule has 2 aromatic rings. The van der Waals surface area contributed by atoms with E-state index in [9.17, 15) is 4.79 Å². The van der Waals surface area contributed by atoms with E-state index >= 15 is 0 Å². The number of hydrogen-bond acceptors (Lipinski definition) is 7. The van der Waals surface area contributed by atoms with Gasteiger partial charge >= 0.3 is 0 Å². The maximum Gasteiger partial charge on any atom is 0.241 e. The first-order chi connectivity index (χ1) is 13.9. The van der Waals surface area contributed by atoms with Gasteiger partial charge in [0.2, 0.25) is 5.91 Å². The molecule has 0 atom stereocenters. The van der Waals surface area contributed by atoms with Crippen molar-refractivity contribution in [3.05, 3.63) is 59.4 Å². The Balaban J connectivity index is 1.92. The molecule has 1 aliphatic rings. The smallest absolute Gasteiger partial charge is 0.241 e. The second-order valence-corrected chi connectivity index (χ2v) is 6.83. The van der Waals surface area contributed by atoms with Crippen molar-refractivity contribution in [1.29, 1.82) is 5.41 Å². The lowest BCUT2D eigenvalue weighted by molar-refractivity contribution is -0.129. The van der Waals surface area contributed by atoms with Gasteiger partial charge in [-0.2, -0.15) is 0 Å². The predicted molar refractivity (Wildman–Crippen MR) is 117 cm³/mol. The van der Waals surface area contributed by atoms with Crippen LogP contribution in [-0.4, -0.2) is 61.4 Å². The third-order valence-corrected chi connectivity index (χ3v) is 4.92. The molecule has 1 aliphatic heterocycles. The lowest BCUT2D eigenvalue weighted by atomic mass is 9.97. The SMILES string of the molecule is CN=CC(=CN)c1ccc(N)c(C(=N)c2ccnc(N3CCN(C)C(=O)C3)c2)c1. The van der Waals surface area contributed by atoms with Crippen molar-refractivity contribution in [2.75, 3.05) is 44.4 Å². The van der Waals surface area contributed by atoms with Crippen molar-refractivity contribution in [3.8, 4) is 0 Å². The zero-order valence-electron chi connectivity index (χ0n) is 16.6. The molecule has 150 valence electrons. The number of allylic oxidation sites excluding steroid dienone is 1. The number of benzene rings is 1. The molecule has 1 fully saturated rings. The molecule has 0 radical (unpaired) electrons. The molecule has 0 aliphatic carbocycles. The van der Waals surface area contributed by atoms with Crippen LogP contribution in [0.15, 0.2) is 47.7 Å². The zero-order valence-corrected chi connectivity index (χ0v) is 16.6. The van der Waals surface area contributed by atoms with Gasteiger partial charge in [-0.15, -0.1) is 0 Å². The van der Waals surface area contributed by atoms with Gasteiger partial charge in [-0.3, -0.25) is 15.2 Å². The number of nitrogens with two attached hydrogens (primary N) is 2. The number of rotatable bonds is 5. The number of anilines is 2. The molecule has 1 aromatic carbocycles. The van der Waals surface area contributed by atoms with Crippen molar-refractivity contribution < 1.29 is 4.79 Å². The number of carbonyl (C=O) groups is 1. The number of aromatic nitrogens is 1. The quantitative estimate of drug-likeness (QED) is 0.524. The van der Waals surface area contributed by atoms with Crippen LogP contribution in [0, 0.1) is 5.41 Å². The lowest BCUT2D eigenvalue weighted by Gasteiger charge is -2.32. The van der Waals surface area contributed by atoms with Crippen LogP contribution in [0.25, 0.3) is 5.57 Å². The van der Waals surface area contributed by atoms with Crippen molar-refractivity contribution in [3.63, 3.8) is 0 Å². The highest BCUT2D eigenvalue weighted by atomic mass is 16.2. The minimum absolute atomic E-state index is 0.0502. The van der Waals surface area contributed by atoms with Crippen LogP contribution < -0.4 is 16.4 Å². The molecule has 2 heterocycles. The second kappa shape index (κ2) is 8.55. The van der Waals surface area contributed by atoms with E-state index < -0.39 is 0 Å². The molecule has 8 heteroatoms. The van der Waals surface area contributed by atoms with E-state index in [-0.39, 0.29) is 18.2 Å². The average molecular weight is 391 g/mol. The Morgan fingerprint density at radius 1 is 1.24 bits per heavy atom. The Morgan fingerprint density at radius 3 is 2.72 bits per heavy atom. The summed E-state index contributed by atoms with van der Waals surface area (Å²) in [5, 5.41) is 8.70. The summed E-state index contributed by atoms with van der Waals surface area (Å²) in [7, 11) is 3.47. The maximum absolute atomic E-state index is 12.0. The number of piperazine rings is 1. The summed E-state index contributed by atoms with van der Waals surface area (Å²) in [4.78, 5) is 24.0. The molecule has 29 heavy (non-hydrogen) atoms. The number of pyridine rings is 1. The van der Waals surface area contributed by atoms with E-state index in [0.717, 1.165) is 11.1 Å². The summed E-state index contributed by atoms with van der Waals surface area (Å²) in [5.41, 5.74) is 15.5. The van der Waals surface area contributed by atoms with Crippen LogP contribution in [0.1, 0.15) is 16.7 Å². The highest BCUT2D eigenvalue weighted by Crippen LogP contribution is 2.24. The van der Waals surface area contributed by atoms with E-state index in [4.69, 9.17) is 16.9 Å². The minimum atomic E-state index is 0.0502. The standard InChI is InChI=1S/C21H25N7O/c1-25-12-16(11-22)14-3-4-18(23)17(9-14)21(24)15-5-6-26-19(10-15)28-8-7-27(2)20(29)13-28/h3-6,9-12,24H,7-8,13,22-23H2,1-2H3. The van der Waals surface area contributed by atoms with Gasteiger partial charge in [0.05, 0.1) is 12.3 Å². The molecule has 1 saturated heterocycles. The van der Waals surface area contributed by atoms with Crippen LogP contribution in [-0.2, 0) is 4.79 Å². The summed E-state index contributed by atoms with van der Waals surface area (Å²) in [6.45, 7) is 1.62. The normalized spacial score (nSPS) is 15.2. The molecule has 0 bridgehead atoms. The lowest BCUT2D eigenvalue weighted by Crippen LogP contribution is -2.48. The molecule has 0 saturated carbocycles. The Labute approximate surface area is 170 Å². The van der Waals surface area contributed by atoms with Crippen LogP contribution in [0.2, 0.25) is 0 Å². The highest BCUT2D eigenvalue weighted by Gasteiger charge is 2.22. The second-order valence-electron chi connectivity index (χ2n) is 6.83. The number of aliphatic imine (C=N–C) groups is 1. The largest absolute Gasteiger partial charge is 0.404 e. The molecule has 1 amide bonds. The number of hydrogen-bond donors (Lipinski definition) is 3. The number of amides is 1. The summed E-state index contributed by atoms with van der Waals surface area (Å²) in [5.74, 6) is 0.721. The maximum atomic E-state index is 12.0. The highest BCUT2D eigenvalue weighted by molar-refractivity contribution is 6.16. The number of likely N-dealkylation sites (N-methyl/N-ethyl adjacent to an activating group) is 1. The van der Waals surface area contributed by atoms with Gasteiger partial charge in [-0.25, -0.2) is 4.98 Å². The summed E-state index contributed by atoms with van der Waals surface area (Å²) < 4.78 is 0. The molecular formula is C21H25N7O. The average Bonchev–Trinajstić information content (AvgIpc) is 2.74. The molecule has 3 rings (SSSR count). The Hall–Kier alpha value is -3.68. The van der Waals surface area contributed by atoms with E-state index in [0.29, 0.717) is 35.7 Å². The Morgan fingerprint density at radius 2 is 2.03 bits per heavy atom. The topological polar surface area (TPSA) is 125 Å². The predicted octanol–water partition coefficient (Wildman–Crippen LogP) is 1.36. The van der Waals surface area contributed by atoms with E-state index in [1.807, 2.05) is 23.1 Å². The van der Waals surface area contributed by atoms with Crippen LogP contribution in [0.3, 0.4) is 0 Å². The monoisotopic (exact) mass is 391 g/mol. The number of nitrogens with one attached hydrogen (secondary N) is 1. The molecule has 1 aromatic heterocycles. The fourth-order valence-corrected chi connectivity index (χ4v) is 3.16. The third-order valence-electron chi connectivity index (χ3n) is 4.92. The molecule has 0 unspecified atom stereocenters. The number of carbonyl (C=O) groups excluding carboxylic acids is 1. The first kappa shape index (κ1) is 20.1. The van der Waals surface area contributed by atoms with Crippen LogP contribution in [0.5, 0.6) is 0 Å². The van der Waals surface area contributed by atoms with Crippen molar-refractivity contribution in [2.24, 2.45) is 10.7 Å². The van der Waals surface area contributed by atoms with Gasteiger partial charge in [-0.05, 0) is 29.8 Å². The Kier molecular flexibility index (Phi) is 5.92.